The number of hydrogen-bond acceptors (Lipinski definition) is 5. The lowest BCUT2D eigenvalue weighted by molar-refractivity contribution is 0.00810. The third-order valence-corrected chi connectivity index (χ3v) is 14.4. The lowest BCUT2D eigenvalue weighted by Gasteiger charge is -2.43. The highest BCUT2D eigenvalue weighted by atomic mass is 32.2. The molecule has 1 fully saturated rings. The van der Waals surface area contributed by atoms with Crippen molar-refractivity contribution in [2.45, 2.75) is 75.0 Å². The molecule has 3 nitrogen and oxygen atoms in total. The number of thioether (sulfide) groups is 2. The summed E-state index contributed by atoms with van der Waals surface area (Å²) in [7, 11) is -1.90. The minimum atomic E-state index is -1.90. The Morgan fingerprint density at radius 1 is 1.21 bits per heavy atom. The summed E-state index contributed by atoms with van der Waals surface area (Å²) in [6.07, 6.45) is 3.59. The van der Waals surface area contributed by atoms with Gasteiger partial charge in [0.15, 0.2) is 0 Å². The number of benzene rings is 1. The summed E-state index contributed by atoms with van der Waals surface area (Å²) in [5, 5.41) is 10.9. The van der Waals surface area contributed by atoms with Gasteiger partial charge < -0.3 is 14.3 Å². The maximum Gasteiger partial charge on any atom is 0.250 e. The number of fused-ring (bicyclic) bond motifs is 2. The maximum atomic E-state index is 10.8. The molecule has 0 saturated carbocycles. The lowest BCUT2D eigenvalue weighted by atomic mass is 9.84. The fraction of sp³-hybridized carbons (Fsp3) is 0.636. The van der Waals surface area contributed by atoms with Crippen molar-refractivity contribution in [3.63, 3.8) is 0 Å². The van der Waals surface area contributed by atoms with Crippen molar-refractivity contribution >= 4 is 37.4 Å². The first-order valence-corrected chi connectivity index (χ1v) is 15.2. The minimum Gasteiger partial charge on any atom is -0.543 e. The number of aliphatic hydroxyl groups is 1. The Morgan fingerprint density at radius 3 is 2.61 bits per heavy atom. The van der Waals surface area contributed by atoms with Crippen molar-refractivity contribution < 1.29 is 14.3 Å². The van der Waals surface area contributed by atoms with Gasteiger partial charge in [-0.3, -0.25) is 0 Å². The first-order chi connectivity index (χ1) is 13.1. The number of hydrogen-bond donors (Lipinski definition) is 1. The van der Waals surface area contributed by atoms with Crippen LogP contribution in [-0.2, 0) is 0 Å². The van der Waals surface area contributed by atoms with Crippen LogP contribution in [0.15, 0.2) is 23.8 Å². The van der Waals surface area contributed by atoms with Gasteiger partial charge in [-0.05, 0) is 73.0 Å². The molecular weight excluding hydrogens is 404 g/mol. The smallest absolute Gasteiger partial charge is 0.250 e. The van der Waals surface area contributed by atoms with E-state index in [0.29, 0.717) is 0 Å². The van der Waals surface area contributed by atoms with E-state index >= 15 is 0 Å². The maximum absolute atomic E-state index is 10.8. The predicted octanol–water partition coefficient (Wildman–Crippen LogP) is 6.29. The predicted molar refractivity (Wildman–Crippen MR) is 124 cm³/mol. The minimum absolute atomic E-state index is 0.145. The van der Waals surface area contributed by atoms with E-state index in [1.54, 1.807) is 0 Å². The van der Waals surface area contributed by atoms with Gasteiger partial charge in [0.2, 0.25) is 14.6 Å². The molecule has 0 radical (unpaired) electrons. The summed E-state index contributed by atoms with van der Waals surface area (Å²) in [5.74, 6) is 4.09. The van der Waals surface area contributed by atoms with Gasteiger partial charge >= 0.3 is 0 Å². The zero-order chi connectivity index (χ0) is 20.2. The Balaban J connectivity index is 1.62. The number of ether oxygens (including phenoxy) is 1. The molecule has 28 heavy (non-hydrogen) atoms. The van der Waals surface area contributed by atoms with E-state index in [2.05, 4.69) is 69.5 Å². The van der Waals surface area contributed by atoms with E-state index in [4.69, 9.17) is 9.16 Å². The molecule has 1 N–H and O–H groups in total. The Hall–Kier alpha value is -0.563. The molecule has 0 aromatic heterocycles. The Bertz CT molecular complexity index is 791. The van der Waals surface area contributed by atoms with Gasteiger partial charge in [0.25, 0.3) is 0 Å². The summed E-state index contributed by atoms with van der Waals surface area (Å²) in [6, 6.07) is 6.20. The first-order valence-electron chi connectivity index (χ1n) is 10.3. The molecule has 6 heteroatoms. The van der Waals surface area contributed by atoms with E-state index in [-0.39, 0.29) is 9.12 Å². The van der Waals surface area contributed by atoms with E-state index in [1.165, 1.54) is 29.9 Å². The number of rotatable bonds is 2. The van der Waals surface area contributed by atoms with Crippen LogP contribution in [0.5, 0.6) is 11.5 Å². The molecule has 0 bridgehead atoms. The van der Waals surface area contributed by atoms with Crippen molar-refractivity contribution in [2.75, 3.05) is 11.5 Å². The van der Waals surface area contributed by atoms with Gasteiger partial charge in [0.05, 0.1) is 4.08 Å². The second kappa shape index (κ2) is 7.29. The molecule has 1 aliphatic carbocycles. The standard InChI is InChI=1S/C22H32O3S2Si/c1-21(2,3)28(4,5)25-15-7-8-17-16-9-10-22(26-11-6-12-27-22)14-18(16)20(23)24-19(17)13-15/h7-8,13,20,23H,6,9-12,14H2,1-5H3. The van der Waals surface area contributed by atoms with Gasteiger partial charge in [-0.15, -0.1) is 23.5 Å². The van der Waals surface area contributed by atoms with Crippen molar-refractivity contribution in [2.24, 2.45) is 0 Å². The fourth-order valence-electron chi connectivity index (χ4n) is 3.92. The molecule has 0 amide bonds. The fourth-order valence-corrected chi connectivity index (χ4v) is 8.29. The first kappa shape index (κ1) is 20.7. The van der Waals surface area contributed by atoms with Crippen LogP contribution in [0.2, 0.25) is 18.1 Å². The molecular formula is C22H32O3S2Si. The van der Waals surface area contributed by atoms with Gasteiger partial charge in [-0.25, -0.2) is 0 Å². The summed E-state index contributed by atoms with van der Waals surface area (Å²) in [4.78, 5) is 0. The normalized spacial score (nSPS) is 24.4. The second-order valence-electron chi connectivity index (χ2n) is 9.63. The van der Waals surface area contributed by atoms with Crippen molar-refractivity contribution in [1.82, 2.24) is 0 Å². The molecule has 4 rings (SSSR count). The average molecular weight is 437 g/mol. The summed E-state index contributed by atoms with van der Waals surface area (Å²) in [6.45, 7) is 11.2. The van der Waals surface area contributed by atoms with Crippen LogP contribution in [-0.4, -0.2) is 35.3 Å². The molecule has 1 unspecified atom stereocenters. The third-order valence-electron chi connectivity index (χ3n) is 6.62. The van der Waals surface area contributed by atoms with E-state index in [0.717, 1.165) is 35.5 Å². The quantitative estimate of drug-likeness (QED) is 0.552. The number of allylic oxidation sites excluding steroid dienone is 1. The topological polar surface area (TPSA) is 38.7 Å². The highest BCUT2D eigenvalue weighted by Crippen LogP contribution is 2.56. The van der Waals surface area contributed by atoms with Crippen LogP contribution in [0.25, 0.3) is 5.57 Å². The molecule has 3 aliphatic rings. The molecule has 154 valence electrons. The second-order valence-corrected chi connectivity index (χ2v) is 17.6. The van der Waals surface area contributed by atoms with Gasteiger partial charge in [-0.2, -0.15) is 0 Å². The molecule has 1 atom stereocenters. The lowest BCUT2D eigenvalue weighted by Crippen LogP contribution is -2.43. The van der Waals surface area contributed by atoms with Crippen LogP contribution in [0, 0.1) is 0 Å². The Kier molecular flexibility index (Phi) is 5.39. The largest absolute Gasteiger partial charge is 0.543 e. The van der Waals surface area contributed by atoms with Crippen LogP contribution in [0.3, 0.4) is 0 Å². The average Bonchev–Trinajstić information content (AvgIpc) is 2.61. The van der Waals surface area contributed by atoms with E-state index < -0.39 is 14.6 Å². The van der Waals surface area contributed by atoms with Crippen molar-refractivity contribution in [1.29, 1.82) is 0 Å². The van der Waals surface area contributed by atoms with Crippen LogP contribution in [0.4, 0.5) is 0 Å². The monoisotopic (exact) mass is 436 g/mol. The summed E-state index contributed by atoms with van der Waals surface area (Å²) in [5.41, 5.74) is 3.53. The van der Waals surface area contributed by atoms with Crippen molar-refractivity contribution in [3.05, 3.63) is 29.3 Å². The highest BCUT2D eigenvalue weighted by Gasteiger charge is 2.43. The molecule has 1 spiro atoms. The molecule has 2 heterocycles. The third kappa shape index (κ3) is 3.77. The molecule has 1 aromatic rings. The summed E-state index contributed by atoms with van der Waals surface area (Å²) < 4.78 is 12.7. The van der Waals surface area contributed by atoms with Crippen LogP contribution < -0.4 is 9.16 Å². The molecule has 2 aliphatic heterocycles. The Morgan fingerprint density at radius 2 is 1.93 bits per heavy atom. The zero-order valence-corrected chi connectivity index (χ0v) is 20.3. The Labute approximate surface area is 178 Å². The molecule has 1 aromatic carbocycles. The van der Waals surface area contributed by atoms with Crippen LogP contribution in [0.1, 0.15) is 52.0 Å². The SMILES string of the molecule is CC(C)(C)[Si](C)(C)Oc1ccc2c(c1)OC(O)C1=C2CCC2(C1)SCCCS2. The zero-order valence-electron chi connectivity index (χ0n) is 17.6. The molecule has 1 saturated heterocycles. The summed E-state index contributed by atoms with van der Waals surface area (Å²) >= 11 is 4.17. The van der Waals surface area contributed by atoms with E-state index in [1.807, 2.05) is 6.07 Å². The van der Waals surface area contributed by atoms with Gasteiger partial charge in [0, 0.05) is 17.2 Å². The van der Waals surface area contributed by atoms with Crippen LogP contribution >= 0.6 is 23.5 Å². The van der Waals surface area contributed by atoms with Crippen molar-refractivity contribution in [3.8, 4) is 11.5 Å². The van der Waals surface area contributed by atoms with E-state index in [9.17, 15) is 5.11 Å². The highest BCUT2D eigenvalue weighted by molar-refractivity contribution is 8.18. The van der Waals surface area contributed by atoms with Gasteiger partial charge in [0.1, 0.15) is 11.5 Å². The van der Waals surface area contributed by atoms with Gasteiger partial charge in [-0.1, -0.05) is 20.8 Å². The number of aliphatic hydroxyl groups excluding tert-OH is 1.